The third-order valence-electron chi connectivity index (χ3n) is 3.68. The summed E-state index contributed by atoms with van der Waals surface area (Å²) in [5.41, 5.74) is 7.50. The van der Waals surface area contributed by atoms with E-state index < -0.39 is 0 Å². The molecule has 19 heavy (non-hydrogen) atoms. The second kappa shape index (κ2) is 6.92. The molecule has 0 spiro atoms. The Hall–Kier alpha value is -1.06. The summed E-state index contributed by atoms with van der Waals surface area (Å²) in [7, 11) is 0. The molecule has 0 bridgehead atoms. The summed E-state index contributed by atoms with van der Waals surface area (Å²) >= 11 is 0. The van der Waals surface area contributed by atoms with E-state index in [1.807, 2.05) is 12.1 Å². The Balaban J connectivity index is 1.89. The van der Waals surface area contributed by atoms with Crippen LogP contribution in [0.4, 0.5) is 0 Å². The Labute approximate surface area is 116 Å². The van der Waals surface area contributed by atoms with E-state index in [9.17, 15) is 0 Å². The van der Waals surface area contributed by atoms with E-state index in [4.69, 9.17) is 10.5 Å². The summed E-state index contributed by atoms with van der Waals surface area (Å²) < 4.78 is 5.59. The molecule has 0 aromatic heterocycles. The molecule has 0 saturated heterocycles. The van der Waals surface area contributed by atoms with Gasteiger partial charge in [-0.1, -0.05) is 26.0 Å². The second-order valence-corrected chi connectivity index (χ2v) is 5.34. The third kappa shape index (κ3) is 4.22. The zero-order chi connectivity index (χ0) is 13.7. The van der Waals surface area contributed by atoms with Gasteiger partial charge in [0, 0.05) is 18.6 Å². The lowest BCUT2D eigenvalue weighted by atomic mass is 10.1. The summed E-state index contributed by atoms with van der Waals surface area (Å²) in [4.78, 5) is 2.49. The zero-order valence-corrected chi connectivity index (χ0v) is 12.1. The van der Waals surface area contributed by atoms with Gasteiger partial charge in [0.05, 0.1) is 6.61 Å². The van der Waals surface area contributed by atoms with Crippen LogP contribution in [-0.2, 0) is 0 Å². The number of rotatable bonds is 8. The Morgan fingerprint density at radius 2 is 1.95 bits per heavy atom. The lowest BCUT2D eigenvalue weighted by Crippen LogP contribution is -2.33. The van der Waals surface area contributed by atoms with Crippen molar-refractivity contribution in [2.45, 2.75) is 45.2 Å². The van der Waals surface area contributed by atoms with Crippen LogP contribution in [0.2, 0.25) is 0 Å². The first-order valence-corrected chi connectivity index (χ1v) is 7.47. The molecule has 106 valence electrons. The first-order valence-electron chi connectivity index (χ1n) is 7.47. The molecule has 1 saturated carbocycles. The zero-order valence-electron chi connectivity index (χ0n) is 12.1. The van der Waals surface area contributed by atoms with Crippen molar-refractivity contribution in [3.63, 3.8) is 0 Å². The highest BCUT2D eigenvalue weighted by molar-refractivity contribution is 5.29. The van der Waals surface area contributed by atoms with E-state index in [0.717, 1.165) is 37.9 Å². The first kappa shape index (κ1) is 14.4. The molecule has 1 atom stereocenters. The normalized spacial score (nSPS) is 16.6. The van der Waals surface area contributed by atoms with E-state index in [1.165, 1.54) is 18.4 Å². The minimum absolute atomic E-state index is 0.0979. The number of hydrogen-bond acceptors (Lipinski definition) is 3. The van der Waals surface area contributed by atoms with Crippen LogP contribution in [0.25, 0.3) is 0 Å². The number of benzene rings is 1. The molecule has 0 heterocycles. The van der Waals surface area contributed by atoms with E-state index in [1.54, 1.807) is 0 Å². The van der Waals surface area contributed by atoms with Crippen LogP contribution in [0.5, 0.6) is 5.75 Å². The maximum atomic E-state index is 6.30. The predicted octanol–water partition coefficient (Wildman–Crippen LogP) is 2.96. The molecule has 2 N–H and O–H groups in total. The Kier molecular flexibility index (Phi) is 5.23. The van der Waals surface area contributed by atoms with Crippen molar-refractivity contribution in [1.29, 1.82) is 0 Å². The van der Waals surface area contributed by atoms with Crippen molar-refractivity contribution in [3.05, 3.63) is 29.8 Å². The van der Waals surface area contributed by atoms with Crippen LogP contribution in [0.1, 0.15) is 44.7 Å². The topological polar surface area (TPSA) is 38.5 Å². The average molecular weight is 262 g/mol. The average Bonchev–Trinajstić information content (AvgIpc) is 3.27. The van der Waals surface area contributed by atoms with Gasteiger partial charge in [0.25, 0.3) is 0 Å². The molecule has 1 aliphatic carbocycles. The molecule has 0 amide bonds. The maximum Gasteiger partial charge on any atom is 0.119 e. The van der Waals surface area contributed by atoms with Gasteiger partial charge in [0.15, 0.2) is 0 Å². The highest BCUT2D eigenvalue weighted by Crippen LogP contribution is 2.28. The monoisotopic (exact) mass is 262 g/mol. The van der Waals surface area contributed by atoms with Gasteiger partial charge in [-0.2, -0.15) is 0 Å². The molecule has 0 radical (unpaired) electrons. The van der Waals surface area contributed by atoms with Gasteiger partial charge in [-0.3, -0.25) is 4.90 Å². The fourth-order valence-electron chi connectivity index (χ4n) is 2.37. The number of ether oxygens (including phenoxy) is 1. The summed E-state index contributed by atoms with van der Waals surface area (Å²) in [5.74, 6) is 0.937. The number of nitrogens with two attached hydrogens (primary N) is 1. The van der Waals surface area contributed by atoms with Gasteiger partial charge < -0.3 is 10.5 Å². The van der Waals surface area contributed by atoms with E-state index in [0.29, 0.717) is 0 Å². The smallest absolute Gasteiger partial charge is 0.119 e. The molecule has 3 heteroatoms. The minimum atomic E-state index is 0.0979. The van der Waals surface area contributed by atoms with Crippen molar-refractivity contribution in [1.82, 2.24) is 4.90 Å². The molecule has 0 aliphatic heterocycles. The molecule has 1 aliphatic rings. The lowest BCUT2D eigenvalue weighted by molar-refractivity contribution is 0.260. The van der Waals surface area contributed by atoms with Gasteiger partial charge >= 0.3 is 0 Å². The Morgan fingerprint density at radius 3 is 2.47 bits per heavy atom. The van der Waals surface area contributed by atoms with Crippen molar-refractivity contribution >= 4 is 0 Å². The summed E-state index contributed by atoms with van der Waals surface area (Å²) in [6.07, 6.45) is 3.71. The van der Waals surface area contributed by atoms with Gasteiger partial charge in [-0.25, -0.2) is 0 Å². The highest BCUT2D eigenvalue weighted by Gasteiger charge is 2.28. The summed E-state index contributed by atoms with van der Waals surface area (Å²) in [6, 6.07) is 9.12. The third-order valence-corrected chi connectivity index (χ3v) is 3.68. The standard InChI is InChI=1S/C16H26N2O/c1-3-11-19-15-9-5-13(6-10-15)16(17)12-18(4-2)14-7-8-14/h5-6,9-10,14,16H,3-4,7-8,11-12,17H2,1-2H3. The largest absolute Gasteiger partial charge is 0.494 e. The Bertz CT molecular complexity index is 373. The van der Waals surface area contributed by atoms with E-state index >= 15 is 0 Å². The van der Waals surface area contributed by atoms with Gasteiger partial charge in [-0.05, 0) is 43.5 Å². The lowest BCUT2D eigenvalue weighted by Gasteiger charge is -2.24. The fraction of sp³-hybridized carbons (Fsp3) is 0.625. The number of nitrogens with zero attached hydrogens (tertiary/aromatic N) is 1. The van der Waals surface area contributed by atoms with Crippen molar-refractivity contribution in [2.24, 2.45) is 5.73 Å². The number of likely N-dealkylation sites (N-methyl/N-ethyl adjacent to an activating group) is 1. The summed E-state index contributed by atoms with van der Waals surface area (Å²) in [5, 5.41) is 0. The molecular weight excluding hydrogens is 236 g/mol. The van der Waals surface area contributed by atoms with Crippen LogP contribution >= 0.6 is 0 Å². The number of hydrogen-bond donors (Lipinski definition) is 1. The maximum absolute atomic E-state index is 6.30. The quantitative estimate of drug-likeness (QED) is 0.783. The highest BCUT2D eigenvalue weighted by atomic mass is 16.5. The molecule has 3 nitrogen and oxygen atoms in total. The predicted molar refractivity (Wildman–Crippen MR) is 79.4 cm³/mol. The van der Waals surface area contributed by atoms with Gasteiger partial charge in [0.1, 0.15) is 5.75 Å². The van der Waals surface area contributed by atoms with Crippen LogP contribution in [0, 0.1) is 0 Å². The Morgan fingerprint density at radius 1 is 1.26 bits per heavy atom. The van der Waals surface area contributed by atoms with Crippen LogP contribution in [0.15, 0.2) is 24.3 Å². The van der Waals surface area contributed by atoms with Crippen LogP contribution in [0.3, 0.4) is 0 Å². The van der Waals surface area contributed by atoms with E-state index in [-0.39, 0.29) is 6.04 Å². The van der Waals surface area contributed by atoms with Crippen molar-refractivity contribution < 1.29 is 4.74 Å². The molecular formula is C16H26N2O. The van der Waals surface area contributed by atoms with Crippen molar-refractivity contribution in [2.75, 3.05) is 19.7 Å². The molecule has 1 unspecified atom stereocenters. The fourth-order valence-corrected chi connectivity index (χ4v) is 2.37. The summed E-state index contributed by atoms with van der Waals surface area (Å²) in [6.45, 7) is 7.15. The molecule has 1 fully saturated rings. The van der Waals surface area contributed by atoms with E-state index in [2.05, 4.69) is 30.9 Å². The molecule has 2 rings (SSSR count). The van der Waals surface area contributed by atoms with Crippen LogP contribution < -0.4 is 10.5 Å². The molecule has 1 aromatic carbocycles. The minimum Gasteiger partial charge on any atom is -0.494 e. The molecule has 1 aromatic rings. The van der Waals surface area contributed by atoms with Gasteiger partial charge in [0.2, 0.25) is 0 Å². The first-order chi connectivity index (χ1) is 9.24. The van der Waals surface area contributed by atoms with Crippen LogP contribution in [-0.4, -0.2) is 30.6 Å². The van der Waals surface area contributed by atoms with Gasteiger partial charge in [-0.15, -0.1) is 0 Å². The SMILES string of the molecule is CCCOc1ccc(C(N)CN(CC)C2CC2)cc1. The van der Waals surface area contributed by atoms with Crippen molar-refractivity contribution in [3.8, 4) is 5.75 Å². The second-order valence-electron chi connectivity index (χ2n) is 5.34.